The normalized spacial score (nSPS) is 11.9. The van der Waals surface area contributed by atoms with Gasteiger partial charge in [-0.3, -0.25) is 4.79 Å². The Balaban J connectivity index is 2.80. The van der Waals surface area contributed by atoms with Crippen LogP contribution in [-0.4, -0.2) is 23.0 Å². The van der Waals surface area contributed by atoms with Gasteiger partial charge in [0.25, 0.3) is 0 Å². The lowest BCUT2D eigenvalue weighted by Crippen LogP contribution is -2.27. The average Bonchev–Trinajstić information content (AvgIpc) is 2.28. The number of carbonyl (C=O) groups is 2. The first kappa shape index (κ1) is 15.2. The molecule has 104 valence electrons. The largest absolute Gasteiger partial charge is 0.478 e. The van der Waals surface area contributed by atoms with Crippen molar-refractivity contribution in [3.05, 3.63) is 29.3 Å². The highest BCUT2D eigenvalue weighted by Crippen LogP contribution is 2.19. The molecule has 1 aromatic carbocycles. The van der Waals surface area contributed by atoms with Crippen LogP contribution in [0.25, 0.3) is 0 Å². The number of aromatic carboxylic acids is 1. The monoisotopic (exact) mass is 264 g/mol. The SMILES string of the molecule is CCCC(N)CC(=O)Nc1cccc(C)c1C(=O)O. The van der Waals surface area contributed by atoms with Crippen LogP contribution in [-0.2, 0) is 4.79 Å². The smallest absolute Gasteiger partial charge is 0.338 e. The highest BCUT2D eigenvalue weighted by Gasteiger charge is 2.16. The first-order chi connectivity index (χ1) is 8.95. The van der Waals surface area contributed by atoms with E-state index in [-0.39, 0.29) is 23.9 Å². The van der Waals surface area contributed by atoms with E-state index in [2.05, 4.69) is 5.32 Å². The Kier molecular flexibility index (Phi) is 5.51. The van der Waals surface area contributed by atoms with Gasteiger partial charge in [-0.25, -0.2) is 4.79 Å². The minimum Gasteiger partial charge on any atom is -0.478 e. The van der Waals surface area contributed by atoms with Crippen molar-refractivity contribution in [2.75, 3.05) is 5.32 Å². The summed E-state index contributed by atoms with van der Waals surface area (Å²) in [6.07, 6.45) is 1.88. The van der Waals surface area contributed by atoms with Crippen LogP contribution in [0.1, 0.15) is 42.1 Å². The molecular weight excluding hydrogens is 244 g/mol. The Morgan fingerprint density at radius 2 is 2.11 bits per heavy atom. The second kappa shape index (κ2) is 6.89. The van der Waals surface area contributed by atoms with Crippen LogP contribution in [0.2, 0.25) is 0 Å². The van der Waals surface area contributed by atoms with E-state index in [1.54, 1.807) is 25.1 Å². The van der Waals surface area contributed by atoms with E-state index in [1.807, 2.05) is 6.92 Å². The number of carboxylic acids is 1. The van der Waals surface area contributed by atoms with Crippen LogP contribution in [0.3, 0.4) is 0 Å². The van der Waals surface area contributed by atoms with Crippen molar-refractivity contribution in [2.24, 2.45) is 5.73 Å². The second-order valence-electron chi connectivity index (χ2n) is 4.60. The second-order valence-corrected chi connectivity index (χ2v) is 4.60. The van der Waals surface area contributed by atoms with Gasteiger partial charge in [-0.15, -0.1) is 0 Å². The van der Waals surface area contributed by atoms with Crippen molar-refractivity contribution < 1.29 is 14.7 Å². The van der Waals surface area contributed by atoms with Crippen molar-refractivity contribution in [3.63, 3.8) is 0 Å². The van der Waals surface area contributed by atoms with Gasteiger partial charge in [0.05, 0.1) is 11.3 Å². The molecule has 1 unspecified atom stereocenters. The molecule has 0 saturated carbocycles. The molecule has 0 spiro atoms. The molecule has 0 aromatic heterocycles. The maximum atomic E-state index is 11.8. The summed E-state index contributed by atoms with van der Waals surface area (Å²) < 4.78 is 0. The summed E-state index contributed by atoms with van der Waals surface area (Å²) in [6, 6.07) is 4.80. The molecule has 1 rings (SSSR count). The lowest BCUT2D eigenvalue weighted by atomic mass is 10.1. The lowest BCUT2D eigenvalue weighted by Gasteiger charge is -2.13. The molecule has 0 aliphatic rings. The Hall–Kier alpha value is -1.88. The number of nitrogens with two attached hydrogens (primary N) is 1. The number of carbonyl (C=O) groups excluding carboxylic acids is 1. The third kappa shape index (κ3) is 4.37. The Bertz CT molecular complexity index is 472. The molecule has 0 radical (unpaired) electrons. The van der Waals surface area contributed by atoms with Gasteiger partial charge >= 0.3 is 5.97 Å². The third-order valence-corrected chi connectivity index (χ3v) is 2.87. The third-order valence-electron chi connectivity index (χ3n) is 2.87. The summed E-state index contributed by atoms with van der Waals surface area (Å²) >= 11 is 0. The molecule has 19 heavy (non-hydrogen) atoms. The van der Waals surface area contributed by atoms with Gasteiger partial charge in [0.1, 0.15) is 0 Å². The van der Waals surface area contributed by atoms with Crippen molar-refractivity contribution in [1.82, 2.24) is 0 Å². The van der Waals surface area contributed by atoms with Crippen LogP contribution in [0, 0.1) is 6.92 Å². The van der Waals surface area contributed by atoms with Crippen LogP contribution in [0.15, 0.2) is 18.2 Å². The van der Waals surface area contributed by atoms with Crippen LogP contribution in [0.4, 0.5) is 5.69 Å². The van der Waals surface area contributed by atoms with E-state index >= 15 is 0 Å². The minimum absolute atomic E-state index is 0.125. The van der Waals surface area contributed by atoms with Crippen LogP contribution >= 0.6 is 0 Å². The maximum Gasteiger partial charge on any atom is 0.338 e. The fourth-order valence-corrected chi connectivity index (χ4v) is 1.97. The predicted octanol–water partition coefficient (Wildman–Crippen LogP) is 2.15. The summed E-state index contributed by atoms with van der Waals surface area (Å²) in [6.45, 7) is 3.70. The Morgan fingerprint density at radius 3 is 2.68 bits per heavy atom. The van der Waals surface area contributed by atoms with Gasteiger partial charge in [-0.1, -0.05) is 25.5 Å². The number of aryl methyl sites for hydroxylation is 1. The van der Waals surface area contributed by atoms with Crippen LogP contribution in [0.5, 0.6) is 0 Å². The van der Waals surface area contributed by atoms with Crippen molar-refractivity contribution in [1.29, 1.82) is 0 Å². The van der Waals surface area contributed by atoms with Crippen molar-refractivity contribution in [3.8, 4) is 0 Å². The van der Waals surface area contributed by atoms with E-state index in [9.17, 15) is 9.59 Å². The number of hydrogen-bond acceptors (Lipinski definition) is 3. The first-order valence-electron chi connectivity index (χ1n) is 6.34. The van der Waals surface area contributed by atoms with E-state index < -0.39 is 5.97 Å². The molecule has 0 aliphatic heterocycles. The zero-order valence-electron chi connectivity index (χ0n) is 11.3. The molecule has 0 saturated heterocycles. The number of benzene rings is 1. The topological polar surface area (TPSA) is 92.4 Å². The van der Waals surface area contributed by atoms with Gasteiger partial charge in [0.2, 0.25) is 5.91 Å². The molecule has 0 bridgehead atoms. The average molecular weight is 264 g/mol. The standard InChI is InChI=1S/C14H20N2O3/c1-3-5-10(15)8-12(17)16-11-7-4-6-9(2)13(11)14(18)19/h4,6-7,10H,3,5,8,15H2,1-2H3,(H,16,17)(H,18,19). The number of rotatable bonds is 6. The molecule has 5 nitrogen and oxygen atoms in total. The molecule has 0 heterocycles. The number of hydrogen-bond donors (Lipinski definition) is 3. The molecule has 1 amide bonds. The zero-order chi connectivity index (χ0) is 14.4. The summed E-state index contributed by atoms with van der Waals surface area (Å²) in [5, 5.41) is 11.8. The van der Waals surface area contributed by atoms with Gasteiger partial charge in [0, 0.05) is 12.5 Å². The molecule has 1 aromatic rings. The summed E-state index contributed by atoms with van der Waals surface area (Å²) in [5.41, 5.74) is 6.85. The summed E-state index contributed by atoms with van der Waals surface area (Å²) in [4.78, 5) is 23.0. The van der Waals surface area contributed by atoms with Gasteiger partial charge in [-0.05, 0) is 25.0 Å². The zero-order valence-corrected chi connectivity index (χ0v) is 11.3. The molecule has 0 aliphatic carbocycles. The van der Waals surface area contributed by atoms with E-state index in [0.717, 1.165) is 12.8 Å². The number of amides is 1. The lowest BCUT2D eigenvalue weighted by molar-refractivity contribution is -0.116. The molecule has 4 N–H and O–H groups in total. The van der Waals surface area contributed by atoms with E-state index in [0.29, 0.717) is 11.3 Å². The highest BCUT2D eigenvalue weighted by molar-refractivity contribution is 6.01. The van der Waals surface area contributed by atoms with E-state index in [4.69, 9.17) is 10.8 Å². The molecule has 5 heteroatoms. The van der Waals surface area contributed by atoms with Gasteiger partial charge in [0.15, 0.2) is 0 Å². The molecule has 1 atom stereocenters. The quantitative estimate of drug-likeness (QED) is 0.734. The number of nitrogens with one attached hydrogen (secondary N) is 1. The number of carboxylic acid groups (broad SMARTS) is 1. The molecular formula is C14H20N2O3. The fraction of sp³-hybridized carbons (Fsp3) is 0.429. The van der Waals surface area contributed by atoms with E-state index in [1.165, 1.54) is 0 Å². The maximum absolute atomic E-state index is 11.8. The molecule has 0 fully saturated rings. The minimum atomic E-state index is -1.05. The number of anilines is 1. The Labute approximate surface area is 112 Å². The predicted molar refractivity (Wildman–Crippen MR) is 74.3 cm³/mol. The first-order valence-corrected chi connectivity index (χ1v) is 6.34. The van der Waals surface area contributed by atoms with Gasteiger partial charge < -0.3 is 16.2 Å². The summed E-state index contributed by atoms with van der Waals surface area (Å²) in [7, 11) is 0. The van der Waals surface area contributed by atoms with Crippen molar-refractivity contribution >= 4 is 17.6 Å². The van der Waals surface area contributed by atoms with Gasteiger partial charge in [-0.2, -0.15) is 0 Å². The Morgan fingerprint density at radius 1 is 1.42 bits per heavy atom. The van der Waals surface area contributed by atoms with Crippen LogP contribution < -0.4 is 11.1 Å². The van der Waals surface area contributed by atoms with Crippen molar-refractivity contribution in [2.45, 2.75) is 39.2 Å². The fourth-order valence-electron chi connectivity index (χ4n) is 1.97. The summed E-state index contributed by atoms with van der Waals surface area (Å²) in [5.74, 6) is -1.31. The highest BCUT2D eigenvalue weighted by atomic mass is 16.4.